The largest absolute Gasteiger partial charge is 0.460 e. The van der Waals surface area contributed by atoms with Crippen LogP contribution >= 0.6 is 0 Å². The molecule has 4 heteroatoms. The van der Waals surface area contributed by atoms with Crippen LogP contribution in [0.1, 0.15) is 37.8 Å². The summed E-state index contributed by atoms with van der Waals surface area (Å²) in [5, 5.41) is 3.17. The van der Waals surface area contributed by atoms with Crippen molar-refractivity contribution < 1.29 is 13.9 Å². The van der Waals surface area contributed by atoms with E-state index in [1.165, 1.54) is 6.07 Å². The third kappa shape index (κ3) is 3.37. The average Bonchev–Trinajstić information content (AvgIpc) is 2.79. The molecule has 1 fully saturated rings. The zero-order valence-corrected chi connectivity index (χ0v) is 12.5. The van der Waals surface area contributed by atoms with Gasteiger partial charge in [0, 0.05) is 19.0 Å². The van der Waals surface area contributed by atoms with Gasteiger partial charge >= 0.3 is 5.97 Å². The van der Waals surface area contributed by atoms with Crippen LogP contribution in [0.5, 0.6) is 0 Å². The Morgan fingerprint density at radius 3 is 2.70 bits per heavy atom. The summed E-state index contributed by atoms with van der Waals surface area (Å²) in [7, 11) is 0. The minimum atomic E-state index is -0.518. The van der Waals surface area contributed by atoms with Gasteiger partial charge in [-0.2, -0.15) is 0 Å². The summed E-state index contributed by atoms with van der Waals surface area (Å²) in [6.45, 7) is 8.59. The summed E-state index contributed by atoms with van der Waals surface area (Å²) >= 11 is 0. The monoisotopic (exact) mass is 279 g/mol. The van der Waals surface area contributed by atoms with E-state index in [9.17, 15) is 9.18 Å². The SMILES string of the molecule is Cc1ccc(F)c([C@@H]2CNC[C@H]2C(=O)OC(C)(C)C)c1. The summed E-state index contributed by atoms with van der Waals surface area (Å²) in [4.78, 5) is 12.3. The number of carbonyl (C=O) groups is 1. The lowest BCUT2D eigenvalue weighted by molar-refractivity contribution is -0.159. The molecule has 1 aromatic rings. The molecule has 1 saturated heterocycles. The third-order valence-electron chi connectivity index (χ3n) is 3.47. The molecule has 0 spiro atoms. The second-order valence-corrected chi connectivity index (χ2v) is 6.43. The maximum Gasteiger partial charge on any atom is 0.311 e. The first-order valence-electron chi connectivity index (χ1n) is 6.97. The van der Waals surface area contributed by atoms with Crippen molar-refractivity contribution in [2.24, 2.45) is 5.92 Å². The Morgan fingerprint density at radius 1 is 1.35 bits per heavy atom. The van der Waals surface area contributed by atoms with Crippen LogP contribution < -0.4 is 5.32 Å². The highest BCUT2D eigenvalue weighted by Gasteiger charge is 2.38. The highest BCUT2D eigenvalue weighted by atomic mass is 19.1. The van der Waals surface area contributed by atoms with E-state index in [1.54, 1.807) is 6.07 Å². The quantitative estimate of drug-likeness (QED) is 0.846. The molecular weight excluding hydrogens is 257 g/mol. The second kappa shape index (κ2) is 5.52. The molecule has 0 amide bonds. The molecule has 0 radical (unpaired) electrons. The molecule has 0 bridgehead atoms. The molecule has 1 aliphatic heterocycles. The Morgan fingerprint density at radius 2 is 2.05 bits per heavy atom. The Bertz CT molecular complexity index is 508. The van der Waals surface area contributed by atoms with Gasteiger partial charge in [0.15, 0.2) is 0 Å². The Balaban J connectivity index is 2.23. The van der Waals surface area contributed by atoms with Crippen molar-refractivity contribution in [3.63, 3.8) is 0 Å². The molecule has 1 aromatic carbocycles. The zero-order chi connectivity index (χ0) is 14.9. The van der Waals surface area contributed by atoms with Crippen molar-refractivity contribution in [2.75, 3.05) is 13.1 Å². The highest BCUT2D eigenvalue weighted by molar-refractivity contribution is 5.75. The van der Waals surface area contributed by atoms with E-state index in [0.717, 1.165) is 5.56 Å². The number of carbonyl (C=O) groups excluding carboxylic acids is 1. The van der Waals surface area contributed by atoms with E-state index in [-0.39, 0.29) is 23.6 Å². The lowest BCUT2D eigenvalue weighted by Crippen LogP contribution is -2.32. The molecule has 3 nitrogen and oxygen atoms in total. The number of hydrogen-bond donors (Lipinski definition) is 1. The summed E-state index contributed by atoms with van der Waals surface area (Å²) < 4.78 is 19.5. The summed E-state index contributed by atoms with van der Waals surface area (Å²) in [5.74, 6) is -0.999. The van der Waals surface area contributed by atoms with Crippen molar-refractivity contribution in [3.05, 3.63) is 35.1 Å². The third-order valence-corrected chi connectivity index (χ3v) is 3.47. The standard InChI is InChI=1S/C16H22FNO2/c1-10-5-6-14(17)11(7-10)12-8-18-9-13(12)15(19)20-16(2,3)4/h5-7,12-13,18H,8-9H2,1-4H3/t12-,13+/m0/s1. The van der Waals surface area contributed by atoms with Crippen molar-refractivity contribution >= 4 is 5.97 Å². The van der Waals surface area contributed by atoms with Gasteiger partial charge in [-0.3, -0.25) is 4.79 Å². The fraction of sp³-hybridized carbons (Fsp3) is 0.562. The topological polar surface area (TPSA) is 38.3 Å². The lowest BCUT2D eigenvalue weighted by Gasteiger charge is -2.25. The molecule has 0 saturated carbocycles. The van der Waals surface area contributed by atoms with Crippen LogP contribution in [0, 0.1) is 18.7 Å². The van der Waals surface area contributed by atoms with Gasteiger partial charge in [-0.15, -0.1) is 0 Å². The number of esters is 1. The maximum absolute atomic E-state index is 14.0. The van der Waals surface area contributed by atoms with Gasteiger partial charge in [0.1, 0.15) is 11.4 Å². The van der Waals surface area contributed by atoms with Crippen molar-refractivity contribution in [1.82, 2.24) is 5.32 Å². The van der Waals surface area contributed by atoms with Crippen LogP contribution in [0.15, 0.2) is 18.2 Å². The number of nitrogens with one attached hydrogen (secondary N) is 1. The van der Waals surface area contributed by atoms with Crippen molar-refractivity contribution in [3.8, 4) is 0 Å². The van der Waals surface area contributed by atoms with Crippen molar-refractivity contribution in [2.45, 2.75) is 39.2 Å². The van der Waals surface area contributed by atoms with Crippen molar-refractivity contribution in [1.29, 1.82) is 0 Å². The highest BCUT2D eigenvalue weighted by Crippen LogP contribution is 2.32. The second-order valence-electron chi connectivity index (χ2n) is 6.43. The maximum atomic E-state index is 14.0. The molecule has 2 rings (SSSR count). The van der Waals surface area contributed by atoms with Crippen LogP contribution in [0.25, 0.3) is 0 Å². The number of ether oxygens (including phenoxy) is 1. The first kappa shape index (κ1) is 15.0. The van der Waals surface area contributed by atoms with Gasteiger partial charge in [0.05, 0.1) is 5.92 Å². The fourth-order valence-electron chi connectivity index (χ4n) is 2.58. The first-order valence-corrected chi connectivity index (χ1v) is 6.97. The molecule has 0 unspecified atom stereocenters. The smallest absolute Gasteiger partial charge is 0.311 e. The fourth-order valence-corrected chi connectivity index (χ4v) is 2.58. The lowest BCUT2D eigenvalue weighted by atomic mass is 9.87. The Hall–Kier alpha value is -1.42. The Labute approximate surface area is 119 Å². The summed E-state index contributed by atoms with van der Waals surface area (Å²) in [6.07, 6.45) is 0. The molecule has 0 aromatic heterocycles. The molecule has 1 aliphatic rings. The number of benzene rings is 1. The van der Waals surface area contributed by atoms with E-state index in [2.05, 4.69) is 5.32 Å². The van der Waals surface area contributed by atoms with Gasteiger partial charge in [0.2, 0.25) is 0 Å². The number of rotatable bonds is 2. The van der Waals surface area contributed by atoms with Gasteiger partial charge < -0.3 is 10.1 Å². The molecule has 0 aliphatic carbocycles. The predicted molar refractivity (Wildman–Crippen MR) is 76.1 cm³/mol. The molecule has 1 heterocycles. The zero-order valence-electron chi connectivity index (χ0n) is 12.5. The van der Waals surface area contributed by atoms with Crippen LogP contribution in [-0.4, -0.2) is 24.7 Å². The van der Waals surface area contributed by atoms with Crippen LogP contribution in [0.3, 0.4) is 0 Å². The average molecular weight is 279 g/mol. The molecule has 110 valence electrons. The van der Waals surface area contributed by atoms with Crippen LogP contribution in [-0.2, 0) is 9.53 Å². The van der Waals surface area contributed by atoms with E-state index in [0.29, 0.717) is 18.7 Å². The predicted octanol–water partition coefficient (Wildman–Crippen LogP) is 2.78. The van der Waals surface area contributed by atoms with E-state index in [1.807, 2.05) is 33.8 Å². The number of hydrogen-bond acceptors (Lipinski definition) is 3. The van der Waals surface area contributed by atoms with E-state index >= 15 is 0 Å². The minimum Gasteiger partial charge on any atom is -0.460 e. The molecular formula is C16H22FNO2. The van der Waals surface area contributed by atoms with Gasteiger partial charge in [-0.05, 0) is 39.3 Å². The number of aryl methyl sites for hydroxylation is 1. The summed E-state index contributed by atoms with van der Waals surface area (Å²) in [5.41, 5.74) is 1.08. The van der Waals surface area contributed by atoms with Gasteiger partial charge in [-0.25, -0.2) is 4.39 Å². The molecule has 2 atom stereocenters. The normalized spacial score (nSPS) is 22.9. The van der Waals surface area contributed by atoms with Crippen LogP contribution in [0.2, 0.25) is 0 Å². The van der Waals surface area contributed by atoms with Gasteiger partial charge in [0.25, 0.3) is 0 Å². The molecule has 20 heavy (non-hydrogen) atoms. The number of halogens is 1. The van der Waals surface area contributed by atoms with Crippen LogP contribution in [0.4, 0.5) is 4.39 Å². The summed E-state index contributed by atoms with van der Waals surface area (Å²) in [6, 6.07) is 5.03. The van der Waals surface area contributed by atoms with Gasteiger partial charge in [-0.1, -0.05) is 17.7 Å². The minimum absolute atomic E-state index is 0.162. The van der Waals surface area contributed by atoms with E-state index in [4.69, 9.17) is 4.74 Å². The van der Waals surface area contributed by atoms with E-state index < -0.39 is 5.60 Å². The molecule has 1 N–H and O–H groups in total. The Kier molecular flexibility index (Phi) is 4.14. The first-order chi connectivity index (χ1) is 9.28.